The van der Waals surface area contributed by atoms with Gasteiger partial charge in [0.1, 0.15) is 5.03 Å². The van der Waals surface area contributed by atoms with Gasteiger partial charge in [0.05, 0.1) is 10.2 Å². The van der Waals surface area contributed by atoms with Crippen molar-refractivity contribution in [3.05, 3.63) is 46.3 Å². The first-order valence-electron chi connectivity index (χ1n) is 8.21. The molecule has 0 amide bonds. The third kappa shape index (κ3) is 3.01. The minimum Gasteiger partial charge on any atom is -0.368 e. The standard InChI is InChI=1S/C18H20N4S2/c1-2-23-17-16-15(20-18(19)21-17)13-11-22(9-8-14(13)24-16)10-12-6-4-3-5-7-12/h3-7H,2,8-11H2,1H3,(H2,19,20,21). The molecular weight excluding hydrogens is 336 g/mol. The number of hydrogen-bond donors (Lipinski definition) is 1. The summed E-state index contributed by atoms with van der Waals surface area (Å²) in [4.78, 5) is 13.0. The SMILES string of the molecule is CCSc1nc(N)nc2c3c(sc12)CCN(Cc1ccccc1)C3. The van der Waals surface area contributed by atoms with Gasteiger partial charge in [-0.2, -0.15) is 0 Å². The summed E-state index contributed by atoms with van der Waals surface area (Å²) < 4.78 is 1.21. The van der Waals surface area contributed by atoms with Gasteiger partial charge in [0.15, 0.2) is 0 Å². The molecule has 0 bridgehead atoms. The Kier molecular flexibility index (Phi) is 4.43. The molecule has 6 heteroatoms. The Morgan fingerprint density at radius 2 is 2.08 bits per heavy atom. The second-order valence-corrected chi connectivity index (χ2v) is 8.31. The van der Waals surface area contributed by atoms with Gasteiger partial charge in [-0.1, -0.05) is 37.3 Å². The molecular formula is C18H20N4S2. The molecule has 0 unspecified atom stereocenters. The minimum atomic E-state index is 0.388. The van der Waals surface area contributed by atoms with Gasteiger partial charge in [-0.05, 0) is 17.7 Å². The van der Waals surface area contributed by atoms with Gasteiger partial charge < -0.3 is 5.73 Å². The average molecular weight is 357 g/mol. The molecule has 124 valence electrons. The molecule has 3 heterocycles. The van der Waals surface area contributed by atoms with Crippen LogP contribution >= 0.6 is 23.1 Å². The van der Waals surface area contributed by atoms with Crippen molar-refractivity contribution in [2.45, 2.75) is 31.5 Å². The summed E-state index contributed by atoms with van der Waals surface area (Å²) in [5.41, 5.74) is 9.74. The van der Waals surface area contributed by atoms with Crippen LogP contribution in [0.1, 0.15) is 22.9 Å². The van der Waals surface area contributed by atoms with E-state index in [1.807, 2.05) is 11.3 Å². The molecule has 4 rings (SSSR count). The minimum absolute atomic E-state index is 0.388. The summed E-state index contributed by atoms with van der Waals surface area (Å²) in [5, 5.41) is 1.04. The Labute approximate surface area is 150 Å². The molecule has 4 nitrogen and oxygen atoms in total. The lowest BCUT2D eigenvalue weighted by Crippen LogP contribution is -2.29. The number of nitrogens with zero attached hydrogens (tertiary/aromatic N) is 3. The first-order chi connectivity index (χ1) is 11.7. The van der Waals surface area contributed by atoms with Gasteiger partial charge in [-0.15, -0.1) is 23.1 Å². The second kappa shape index (κ2) is 6.70. The Bertz CT molecular complexity index is 860. The van der Waals surface area contributed by atoms with Gasteiger partial charge in [0.25, 0.3) is 0 Å². The maximum Gasteiger partial charge on any atom is 0.221 e. The van der Waals surface area contributed by atoms with Crippen LogP contribution in [0.5, 0.6) is 0 Å². The quantitative estimate of drug-likeness (QED) is 0.567. The zero-order valence-corrected chi connectivity index (χ0v) is 15.3. The molecule has 1 aliphatic rings. The lowest BCUT2D eigenvalue weighted by Gasteiger charge is -2.26. The molecule has 0 fully saturated rings. The molecule has 3 aromatic rings. The number of hydrogen-bond acceptors (Lipinski definition) is 6. The lowest BCUT2D eigenvalue weighted by atomic mass is 10.1. The summed E-state index contributed by atoms with van der Waals surface area (Å²) in [6.07, 6.45) is 1.08. The normalized spacial score (nSPS) is 14.9. The smallest absolute Gasteiger partial charge is 0.221 e. The summed E-state index contributed by atoms with van der Waals surface area (Å²) in [6, 6.07) is 10.7. The van der Waals surface area contributed by atoms with Gasteiger partial charge >= 0.3 is 0 Å². The molecule has 2 N–H and O–H groups in total. The molecule has 24 heavy (non-hydrogen) atoms. The van der Waals surface area contributed by atoms with Gasteiger partial charge in [-0.3, -0.25) is 4.90 Å². The van der Waals surface area contributed by atoms with Crippen LogP contribution in [-0.4, -0.2) is 27.2 Å². The molecule has 0 spiro atoms. The van der Waals surface area contributed by atoms with Crippen molar-refractivity contribution < 1.29 is 0 Å². The number of rotatable bonds is 4. The van der Waals surface area contributed by atoms with E-state index in [9.17, 15) is 0 Å². The van der Waals surface area contributed by atoms with E-state index in [4.69, 9.17) is 5.73 Å². The monoisotopic (exact) mass is 356 g/mol. The molecule has 0 saturated carbocycles. The summed E-state index contributed by atoms with van der Waals surface area (Å²) in [7, 11) is 0. The molecule has 1 aromatic carbocycles. The van der Waals surface area contributed by atoms with Crippen LogP contribution in [0.3, 0.4) is 0 Å². The van der Waals surface area contributed by atoms with Gasteiger partial charge in [-0.25, -0.2) is 9.97 Å². The predicted molar refractivity (Wildman–Crippen MR) is 102 cm³/mol. The van der Waals surface area contributed by atoms with Crippen molar-refractivity contribution in [3.63, 3.8) is 0 Å². The topological polar surface area (TPSA) is 55.0 Å². The summed E-state index contributed by atoms with van der Waals surface area (Å²) >= 11 is 3.61. The van der Waals surface area contributed by atoms with Crippen molar-refractivity contribution in [2.75, 3.05) is 18.0 Å². The molecule has 0 aliphatic carbocycles. The fourth-order valence-electron chi connectivity index (χ4n) is 3.20. The van der Waals surface area contributed by atoms with Crippen LogP contribution in [0.15, 0.2) is 35.4 Å². The second-order valence-electron chi connectivity index (χ2n) is 5.95. The van der Waals surface area contributed by atoms with Crippen molar-refractivity contribution >= 4 is 39.3 Å². The molecule has 1 aliphatic heterocycles. The van der Waals surface area contributed by atoms with Crippen LogP contribution < -0.4 is 5.73 Å². The number of nitrogens with two attached hydrogens (primary N) is 1. The zero-order chi connectivity index (χ0) is 16.5. The highest BCUT2D eigenvalue weighted by atomic mass is 32.2. The Morgan fingerprint density at radius 3 is 2.88 bits per heavy atom. The molecule has 0 saturated heterocycles. The average Bonchev–Trinajstić information content (AvgIpc) is 2.94. The van der Waals surface area contributed by atoms with E-state index in [2.05, 4.69) is 52.1 Å². The van der Waals surface area contributed by atoms with E-state index in [1.165, 1.54) is 20.7 Å². The third-order valence-corrected chi connectivity index (χ3v) is 6.54. The number of nitrogen functional groups attached to an aromatic ring is 1. The summed E-state index contributed by atoms with van der Waals surface area (Å²) in [5.74, 6) is 1.38. The predicted octanol–water partition coefficient (Wildman–Crippen LogP) is 3.94. The van der Waals surface area contributed by atoms with Crippen LogP contribution in [0.4, 0.5) is 5.95 Å². The molecule has 0 radical (unpaired) electrons. The number of fused-ring (bicyclic) bond motifs is 3. The first-order valence-corrected chi connectivity index (χ1v) is 10.0. The van der Waals surface area contributed by atoms with Crippen LogP contribution in [0.25, 0.3) is 10.2 Å². The fraction of sp³-hybridized carbons (Fsp3) is 0.333. The van der Waals surface area contributed by atoms with E-state index in [0.717, 1.165) is 42.4 Å². The van der Waals surface area contributed by atoms with Crippen LogP contribution in [0, 0.1) is 0 Å². The number of benzene rings is 1. The van der Waals surface area contributed by atoms with E-state index in [0.29, 0.717) is 5.95 Å². The highest BCUT2D eigenvalue weighted by molar-refractivity contribution is 7.99. The van der Waals surface area contributed by atoms with E-state index in [-0.39, 0.29) is 0 Å². The third-order valence-electron chi connectivity index (χ3n) is 4.27. The highest BCUT2D eigenvalue weighted by Gasteiger charge is 2.24. The summed E-state index contributed by atoms with van der Waals surface area (Å²) in [6.45, 7) is 5.16. The van der Waals surface area contributed by atoms with Crippen molar-refractivity contribution in [1.29, 1.82) is 0 Å². The van der Waals surface area contributed by atoms with Crippen molar-refractivity contribution in [1.82, 2.24) is 14.9 Å². The van der Waals surface area contributed by atoms with Gasteiger partial charge in [0, 0.05) is 30.1 Å². The molecule has 2 aromatic heterocycles. The number of aromatic nitrogens is 2. The zero-order valence-electron chi connectivity index (χ0n) is 13.7. The van der Waals surface area contributed by atoms with E-state index >= 15 is 0 Å². The lowest BCUT2D eigenvalue weighted by molar-refractivity contribution is 0.248. The maximum absolute atomic E-state index is 5.96. The van der Waals surface area contributed by atoms with Crippen molar-refractivity contribution in [3.8, 4) is 0 Å². The fourth-order valence-corrected chi connectivity index (χ4v) is 5.28. The van der Waals surface area contributed by atoms with Crippen molar-refractivity contribution in [2.24, 2.45) is 0 Å². The van der Waals surface area contributed by atoms with Crippen LogP contribution in [0.2, 0.25) is 0 Å². The highest BCUT2D eigenvalue weighted by Crippen LogP contribution is 2.39. The largest absolute Gasteiger partial charge is 0.368 e. The Hall–Kier alpha value is -1.63. The first kappa shape index (κ1) is 15.9. The number of thiophene rings is 1. The van der Waals surface area contributed by atoms with E-state index in [1.54, 1.807) is 11.8 Å². The van der Waals surface area contributed by atoms with E-state index < -0.39 is 0 Å². The number of anilines is 1. The molecule has 0 atom stereocenters. The van der Waals surface area contributed by atoms with Gasteiger partial charge in [0.2, 0.25) is 5.95 Å². The Morgan fingerprint density at radius 1 is 1.25 bits per heavy atom. The number of thioether (sulfide) groups is 1. The maximum atomic E-state index is 5.96. The van der Waals surface area contributed by atoms with Crippen LogP contribution in [-0.2, 0) is 19.5 Å². The Balaban J connectivity index is 1.67.